The molecule has 0 heterocycles. The summed E-state index contributed by atoms with van der Waals surface area (Å²) in [5.41, 5.74) is 1.30. The molecule has 4 heteroatoms. The van der Waals surface area contributed by atoms with Crippen molar-refractivity contribution in [1.29, 1.82) is 0 Å². The third-order valence-corrected chi connectivity index (χ3v) is 5.06. The lowest BCUT2D eigenvalue weighted by Crippen LogP contribution is -2.38. The zero-order valence-electron chi connectivity index (χ0n) is 16.1. The normalized spacial score (nSPS) is 11.6. The first-order valence-corrected chi connectivity index (χ1v) is 9.81. The molecule has 0 unspecified atom stereocenters. The molecule has 2 rings (SSSR count). The molecule has 0 aliphatic heterocycles. The summed E-state index contributed by atoms with van der Waals surface area (Å²) in [6, 6.07) is 13.1. The van der Waals surface area contributed by atoms with E-state index in [4.69, 9.17) is 0 Å². The van der Waals surface area contributed by atoms with E-state index >= 15 is 0 Å². The first kappa shape index (κ1) is 19.6. The number of rotatable bonds is 6. The van der Waals surface area contributed by atoms with Crippen LogP contribution < -0.4 is 5.32 Å². The van der Waals surface area contributed by atoms with E-state index in [-0.39, 0.29) is 10.8 Å². The van der Waals surface area contributed by atoms with E-state index in [1.54, 1.807) is 4.90 Å². The van der Waals surface area contributed by atoms with Crippen molar-refractivity contribution in [2.24, 2.45) is 0 Å². The number of hydrogen-bond donors (Lipinski definition) is 1. The fraction of sp³-hybridized carbons (Fsp3) is 0.476. The molecular weight excluding hydrogens is 328 g/mol. The number of urea groups is 1. The lowest BCUT2D eigenvalue weighted by atomic mass is 10.0. The van der Waals surface area contributed by atoms with Crippen LogP contribution in [0.25, 0.3) is 10.8 Å². The molecule has 3 nitrogen and oxygen atoms in total. The van der Waals surface area contributed by atoms with Gasteiger partial charge in [-0.15, -0.1) is 11.8 Å². The van der Waals surface area contributed by atoms with Crippen molar-refractivity contribution in [3.05, 3.63) is 42.0 Å². The van der Waals surface area contributed by atoms with E-state index in [2.05, 4.69) is 69.4 Å². The number of nitrogens with zero attached hydrogens (tertiary/aromatic N) is 1. The van der Waals surface area contributed by atoms with E-state index in [1.165, 1.54) is 21.2 Å². The number of carbonyl (C=O) groups excluding carboxylic acids is 1. The minimum atomic E-state index is 0.00561. The van der Waals surface area contributed by atoms with Crippen molar-refractivity contribution in [1.82, 2.24) is 10.2 Å². The van der Waals surface area contributed by atoms with Crippen molar-refractivity contribution >= 4 is 28.6 Å². The van der Waals surface area contributed by atoms with Gasteiger partial charge in [-0.3, -0.25) is 0 Å². The van der Waals surface area contributed by atoms with Gasteiger partial charge in [0.05, 0.1) is 0 Å². The second-order valence-electron chi connectivity index (χ2n) is 7.42. The minimum Gasteiger partial charge on any atom is -0.338 e. The van der Waals surface area contributed by atoms with E-state index in [1.807, 2.05) is 18.8 Å². The Morgan fingerprint density at radius 1 is 1.20 bits per heavy atom. The van der Waals surface area contributed by atoms with E-state index in [0.717, 1.165) is 19.4 Å². The lowest BCUT2D eigenvalue weighted by molar-refractivity contribution is 0.209. The molecule has 1 N–H and O–H groups in total. The molecule has 2 aromatic carbocycles. The second kappa shape index (κ2) is 8.61. The van der Waals surface area contributed by atoms with Gasteiger partial charge in [0.1, 0.15) is 0 Å². The molecule has 0 atom stereocenters. The molecule has 2 aromatic rings. The molecular formula is C21H30N2OS. The third kappa shape index (κ3) is 5.96. The van der Waals surface area contributed by atoms with Gasteiger partial charge in [-0.05, 0) is 41.3 Å². The average Bonchev–Trinajstić information content (AvgIpc) is 2.56. The SMILES string of the molecule is CCCNC(=O)N(C)CCc1cccc2ccc(SC(C)(C)C)cc12. The van der Waals surface area contributed by atoms with Crippen LogP contribution in [-0.2, 0) is 6.42 Å². The van der Waals surface area contributed by atoms with Crippen molar-refractivity contribution in [2.45, 2.75) is 50.2 Å². The van der Waals surface area contributed by atoms with Crippen LogP contribution in [-0.4, -0.2) is 35.8 Å². The fourth-order valence-electron chi connectivity index (χ4n) is 2.71. The molecule has 0 fully saturated rings. The fourth-order valence-corrected chi connectivity index (χ4v) is 3.73. The Bertz CT molecular complexity index is 721. The third-order valence-electron chi connectivity index (χ3n) is 3.96. The predicted octanol–water partition coefficient (Wildman–Crippen LogP) is 5.32. The van der Waals surface area contributed by atoms with Crippen LogP contribution in [0.1, 0.15) is 39.7 Å². The van der Waals surface area contributed by atoms with Crippen LogP contribution in [0, 0.1) is 0 Å². The molecule has 0 radical (unpaired) electrons. The van der Waals surface area contributed by atoms with E-state index in [9.17, 15) is 4.79 Å². The summed E-state index contributed by atoms with van der Waals surface area (Å²) in [5, 5.41) is 5.47. The summed E-state index contributed by atoms with van der Waals surface area (Å²) in [6.45, 7) is 10.2. The standard InChI is InChI=1S/C21H30N2OS/c1-6-13-22-20(24)23(5)14-12-17-9-7-8-16-10-11-18(15-19(16)17)25-21(2,3)4/h7-11,15H,6,12-14H2,1-5H3,(H,22,24). The van der Waals surface area contributed by atoms with Gasteiger partial charge in [-0.1, -0.05) is 52.0 Å². The minimum absolute atomic E-state index is 0.00561. The maximum absolute atomic E-state index is 12.0. The Morgan fingerprint density at radius 2 is 1.96 bits per heavy atom. The summed E-state index contributed by atoms with van der Waals surface area (Å²) in [4.78, 5) is 15.1. The second-order valence-corrected chi connectivity index (χ2v) is 9.32. The van der Waals surface area contributed by atoms with Crippen molar-refractivity contribution in [3.63, 3.8) is 0 Å². The van der Waals surface area contributed by atoms with Crippen LogP contribution in [0.5, 0.6) is 0 Å². The molecule has 0 saturated carbocycles. The number of fused-ring (bicyclic) bond motifs is 1. The van der Waals surface area contributed by atoms with Crippen LogP contribution in [0.4, 0.5) is 4.79 Å². The van der Waals surface area contributed by atoms with Crippen LogP contribution in [0.15, 0.2) is 41.3 Å². The Morgan fingerprint density at radius 3 is 2.64 bits per heavy atom. The van der Waals surface area contributed by atoms with Gasteiger partial charge in [0.2, 0.25) is 0 Å². The predicted molar refractivity (Wildman–Crippen MR) is 110 cm³/mol. The largest absolute Gasteiger partial charge is 0.338 e. The number of hydrogen-bond acceptors (Lipinski definition) is 2. The number of benzene rings is 2. The summed E-state index contributed by atoms with van der Waals surface area (Å²) in [5.74, 6) is 0. The molecule has 25 heavy (non-hydrogen) atoms. The lowest BCUT2D eigenvalue weighted by Gasteiger charge is -2.19. The number of amides is 2. The Balaban J connectivity index is 2.14. The highest BCUT2D eigenvalue weighted by atomic mass is 32.2. The van der Waals surface area contributed by atoms with Gasteiger partial charge in [-0.2, -0.15) is 0 Å². The van der Waals surface area contributed by atoms with E-state index in [0.29, 0.717) is 6.54 Å². The van der Waals surface area contributed by atoms with Gasteiger partial charge in [0.25, 0.3) is 0 Å². The Hall–Kier alpha value is -1.68. The maximum atomic E-state index is 12.0. The number of nitrogens with one attached hydrogen (secondary N) is 1. The molecule has 0 spiro atoms. The molecule has 0 saturated heterocycles. The first-order chi connectivity index (χ1) is 11.8. The van der Waals surface area contributed by atoms with Crippen LogP contribution >= 0.6 is 11.8 Å². The zero-order valence-corrected chi connectivity index (χ0v) is 16.9. The van der Waals surface area contributed by atoms with Crippen LogP contribution in [0.2, 0.25) is 0 Å². The highest BCUT2D eigenvalue weighted by Gasteiger charge is 2.13. The summed E-state index contributed by atoms with van der Waals surface area (Å²) < 4.78 is 0.195. The Labute approximate surface area is 156 Å². The summed E-state index contributed by atoms with van der Waals surface area (Å²) in [6.07, 6.45) is 1.81. The molecule has 0 aromatic heterocycles. The highest BCUT2D eigenvalue weighted by Crippen LogP contribution is 2.34. The maximum Gasteiger partial charge on any atom is 0.317 e. The topological polar surface area (TPSA) is 32.3 Å². The van der Waals surface area contributed by atoms with Crippen molar-refractivity contribution < 1.29 is 4.79 Å². The monoisotopic (exact) mass is 358 g/mol. The molecule has 136 valence electrons. The quantitative estimate of drug-likeness (QED) is 0.708. The van der Waals surface area contributed by atoms with Crippen molar-refractivity contribution in [2.75, 3.05) is 20.1 Å². The molecule has 0 bridgehead atoms. The average molecular weight is 359 g/mol. The Kier molecular flexibility index (Phi) is 6.77. The number of likely N-dealkylation sites (N-methyl/N-ethyl adjacent to an activating group) is 1. The number of thioether (sulfide) groups is 1. The molecule has 0 aliphatic carbocycles. The van der Waals surface area contributed by atoms with Gasteiger partial charge >= 0.3 is 6.03 Å². The van der Waals surface area contributed by atoms with Gasteiger partial charge in [0.15, 0.2) is 0 Å². The van der Waals surface area contributed by atoms with Crippen LogP contribution in [0.3, 0.4) is 0 Å². The number of carbonyl (C=O) groups is 1. The highest BCUT2D eigenvalue weighted by molar-refractivity contribution is 8.00. The van der Waals surface area contributed by atoms with Gasteiger partial charge in [0, 0.05) is 29.8 Å². The molecule has 0 aliphatic rings. The van der Waals surface area contributed by atoms with Crippen molar-refractivity contribution in [3.8, 4) is 0 Å². The summed E-state index contributed by atoms with van der Waals surface area (Å²) >= 11 is 1.89. The van der Waals surface area contributed by atoms with Gasteiger partial charge in [-0.25, -0.2) is 4.79 Å². The van der Waals surface area contributed by atoms with Gasteiger partial charge < -0.3 is 10.2 Å². The smallest absolute Gasteiger partial charge is 0.317 e. The molecule has 2 amide bonds. The van der Waals surface area contributed by atoms with E-state index < -0.39 is 0 Å². The summed E-state index contributed by atoms with van der Waals surface area (Å²) in [7, 11) is 1.86. The first-order valence-electron chi connectivity index (χ1n) is 9.00. The zero-order chi connectivity index (χ0) is 18.4.